The average molecular weight is 459 g/mol. The van der Waals surface area contributed by atoms with Gasteiger partial charge in [-0.2, -0.15) is 5.10 Å². The topological polar surface area (TPSA) is 54.2 Å². The molecule has 0 bridgehead atoms. The standard InChI is InChI=1S/C17H25N5S.HI/c1-3-18-17(19-11-13-22-12-7-10-21-22)20-14-15(2)23-16-8-5-4-6-9-16;/h4-10,12,15H,3,11,13-14H2,1-2H3,(H2,18,19,20);1H. The van der Waals surface area contributed by atoms with E-state index in [0.717, 1.165) is 32.1 Å². The van der Waals surface area contributed by atoms with E-state index in [-0.39, 0.29) is 24.0 Å². The highest BCUT2D eigenvalue weighted by Crippen LogP contribution is 2.22. The lowest BCUT2D eigenvalue weighted by atomic mass is 10.4. The number of aromatic nitrogens is 2. The maximum Gasteiger partial charge on any atom is 0.191 e. The molecule has 5 nitrogen and oxygen atoms in total. The van der Waals surface area contributed by atoms with Gasteiger partial charge in [0.1, 0.15) is 0 Å². The molecule has 0 radical (unpaired) electrons. The summed E-state index contributed by atoms with van der Waals surface area (Å²) in [6.45, 7) is 7.53. The number of hydrogen-bond acceptors (Lipinski definition) is 3. The van der Waals surface area contributed by atoms with Crippen molar-refractivity contribution in [2.75, 3.05) is 19.6 Å². The number of rotatable bonds is 8. The maximum absolute atomic E-state index is 4.67. The smallest absolute Gasteiger partial charge is 0.191 e. The Hall–Kier alpha value is -1.22. The second-order valence-corrected chi connectivity index (χ2v) is 6.67. The molecule has 0 fully saturated rings. The highest BCUT2D eigenvalue weighted by molar-refractivity contribution is 14.0. The van der Waals surface area contributed by atoms with Crippen molar-refractivity contribution >= 4 is 41.7 Å². The summed E-state index contributed by atoms with van der Waals surface area (Å²) in [4.78, 5) is 5.96. The van der Waals surface area contributed by atoms with E-state index in [4.69, 9.17) is 0 Å². The molecule has 0 aliphatic rings. The molecule has 1 aromatic heterocycles. The van der Waals surface area contributed by atoms with Crippen LogP contribution in [0.15, 0.2) is 58.7 Å². The van der Waals surface area contributed by atoms with Gasteiger partial charge < -0.3 is 10.6 Å². The van der Waals surface area contributed by atoms with Gasteiger partial charge in [-0.1, -0.05) is 25.1 Å². The average Bonchev–Trinajstić information content (AvgIpc) is 3.07. The number of aliphatic imine (C=N–C) groups is 1. The normalized spacial score (nSPS) is 12.3. The molecule has 0 saturated carbocycles. The van der Waals surface area contributed by atoms with Gasteiger partial charge in [0.25, 0.3) is 0 Å². The Balaban J connectivity index is 0.00000288. The maximum atomic E-state index is 4.67. The third-order valence-electron chi connectivity index (χ3n) is 3.12. The molecule has 1 aromatic carbocycles. The van der Waals surface area contributed by atoms with Crippen LogP contribution in [-0.2, 0) is 6.54 Å². The first-order valence-electron chi connectivity index (χ1n) is 7.99. The van der Waals surface area contributed by atoms with Crippen LogP contribution in [0.1, 0.15) is 13.8 Å². The number of benzene rings is 1. The van der Waals surface area contributed by atoms with Crippen LogP contribution < -0.4 is 10.6 Å². The van der Waals surface area contributed by atoms with Crippen molar-refractivity contribution in [3.8, 4) is 0 Å². The fraction of sp³-hybridized carbons (Fsp3) is 0.412. The van der Waals surface area contributed by atoms with E-state index in [9.17, 15) is 0 Å². The molecule has 0 saturated heterocycles. The van der Waals surface area contributed by atoms with E-state index in [1.807, 2.05) is 34.8 Å². The Labute approximate surface area is 165 Å². The van der Waals surface area contributed by atoms with E-state index in [1.54, 1.807) is 6.20 Å². The van der Waals surface area contributed by atoms with Gasteiger partial charge in [0.05, 0.1) is 13.1 Å². The summed E-state index contributed by atoms with van der Waals surface area (Å²) in [7, 11) is 0. The van der Waals surface area contributed by atoms with Crippen LogP contribution in [0.5, 0.6) is 0 Å². The number of nitrogens with zero attached hydrogens (tertiary/aromatic N) is 3. The van der Waals surface area contributed by atoms with Gasteiger partial charge in [0.15, 0.2) is 5.96 Å². The number of guanidine groups is 1. The zero-order chi connectivity index (χ0) is 16.3. The van der Waals surface area contributed by atoms with E-state index >= 15 is 0 Å². The summed E-state index contributed by atoms with van der Waals surface area (Å²) in [5.74, 6) is 0.861. The lowest BCUT2D eigenvalue weighted by Crippen LogP contribution is -2.39. The van der Waals surface area contributed by atoms with Crippen molar-refractivity contribution in [2.45, 2.75) is 30.5 Å². The third-order valence-corrected chi connectivity index (χ3v) is 4.22. The fourth-order valence-corrected chi connectivity index (χ4v) is 2.98. The van der Waals surface area contributed by atoms with Gasteiger partial charge >= 0.3 is 0 Å². The van der Waals surface area contributed by atoms with E-state index < -0.39 is 0 Å². The molecule has 0 aliphatic carbocycles. The molecule has 7 heteroatoms. The summed E-state index contributed by atoms with van der Waals surface area (Å²) in [6, 6.07) is 12.4. The van der Waals surface area contributed by atoms with Crippen molar-refractivity contribution < 1.29 is 0 Å². The first-order valence-corrected chi connectivity index (χ1v) is 8.87. The summed E-state index contributed by atoms with van der Waals surface area (Å²) in [6.07, 6.45) is 3.76. The minimum absolute atomic E-state index is 0. The van der Waals surface area contributed by atoms with Crippen LogP contribution in [0.25, 0.3) is 0 Å². The Kier molecular flexibility index (Phi) is 10.6. The van der Waals surface area contributed by atoms with Crippen molar-refractivity contribution in [3.05, 3.63) is 48.8 Å². The quantitative estimate of drug-likeness (QED) is 0.276. The van der Waals surface area contributed by atoms with Crippen molar-refractivity contribution in [2.24, 2.45) is 4.99 Å². The van der Waals surface area contributed by atoms with Gasteiger partial charge in [-0.15, -0.1) is 35.7 Å². The van der Waals surface area contributed by atoms with Gasteiger partial charge in [0.2, 0.25) is 0 Å². The largest absolute Gasteiger partial charge is 0.357 e. The second kappa shape index (κ2) is 12.2. The third kappa shape index (κ3) is 8.05. The van der Waals surface area contributed by atoms with Gasteiger partial charge in [-0.05, 0) is 25.1 Å². The molecule has 0 spiro atoms. The Morgan fingerprint density at radius 3 is 2.71 bits per heavy atom. The highest BCUT2D eigenvalue weighted by Gasteiger charge is 2.04. The summed E-state index contributed by atoms with van der Waals surface area (Å²) in [5.41, 5.74) is 0. The van der Waals surface area contributed by atoms with E-state index in [2.05, 4.69) is 58.8 Å². The van der Waals surface area contributed by atoms with Gasteiger partial charge in [-0.25, -0.2) is 0 Å². The molecule has 2 rings (SSSR count). The lowest BCUT2D eigenvalue weighted by molar-refractivity contribution is 0.598. The summed E-state index contributed by atoms with van der Waals surface area (Å²) < 4.78 is 1.91. The zero-order valence-electron chi connectivity index (χ0n) is 14.2. The van der Waals surface area contributed by atoms with Crippen LogP contribution >= 0.6 is 35.7 Å². The molecule has 0 aliphatic heterocycles. The van der Waals surface area contributed by atoms with E-state index in [1.165, 1.54) is 4.90 Å². The van der Waals surface area contributed by atoms with Gasteiger partial charge in [-0.3, -0.25) is 9.67 Å². The minimum Gasteiger partial charge on any atom is -0.357 e. The van der Waals surface area contributed by atoms with Crippen molar-refractivity contribution in [1.29, 1.82) is 0 Å². The van der Waals surface area contributed by atoms with Crippen LogP contribution in [0.3, 0.4) is 0 Å². The molecule has 2 N–H and O–H groups in total. The van der Waals surface area contributed by atoms with Crippen LogP contribution in [0, 0.1) is 0 Å². The Morgan fingerprint density at radius 2 is 2.04 bits per heavy atom. The minimum atomic E-state index is 0. The molecule has 1 unspecified atom stereocenters. The van der Waals surface area contributed by atoms with Crippen LogP contribution in [-0.4, -0.2) is 40.6 Å². The molecule has 132 valence electrons. The summed E-state index contributed by atoms with van der Waals surface area (Å²) in [5, 5.41) is 11.3. The van der Waals surface area contributed by atoms with E-state index in [0.29, 0.717) is 5.25 Å². The van der Waals surface area contributed by atoms with Gasteiger partial charge in [0, 0.05) is 35.6 Å². The number of nitrogens with one attached hydrogen (secondary N) is 2. The zero-order valence-corrected chi connectivity index (χ0v) is 17.3. The van der Waals surface area contributed by atoms with Crippen molar-refractivity contribution in [3.63, 3.8) is 0 Å². The Morgan fingerprint density at radius 1 is 1.25 bits per heavy atom. The van der Waals surface area contributed by atoms with Crippen molar-refractivity contribution in [1.82, 2.24) is 20.4 Å². The number of thioether (sulfide) groups is 1. The predicted molar refractivity (Wildman–Crippen MR) is 113 cm³/mol. The SMILES string of the molecule is CCNC(=NCC(C)Sc1ccccc1)NCCn1cccn1.I. The first-order chi connectivity index (χ1) is 11.3. The molecular formula is C17H26IN5S. The first kappa shape index (κ1) is 20.8. The van der Waals surface area contributed by atoms with Crippen LogP contribution in [0.2, 0.25) is 0 Å². The second-order valence-electron chi connectivity index (χ2n) is 5.16. The number of hydrogen-bond donors (Lipinski definition) is 2. The molecule has 2 aromatic rings. The lowest BCUT2D eigenvalue weighted by Gasteiger charge is -2.13. The fourth-order valence-electron chi connectivity index (χ4n) is 2.05. The Bertz CT molecular complexity index is 574. The molecule has 1 heterocycles. The number of halogens is 1. The predicted octanol–water partition coefficient (Wildman–Crippen LogP) is 3.24. The summed E-state index contributed by atoms with van der Waals surface area (Å²) >= 11 is 1.85. The van der Waals surface area contributed by atoms with Crippen LogP contribution in [0.4, 0.5) is 0 Å². The molecular weight excluding hydrogens is 433 g/mol. The highest BCUT2D eigenvalue weighted by atomic mass is 127. The molecule has 24 heavy (non-hydrogen) atoms. The molecule has 0 amide bonds. The monoisotopic (exact) mass is 459 g/mol. The molecule has 1 atom stereocenters.